The number of rotatable bonds is 5. The van der Waals surface area contributed by atoms with Gasteiger partial charge >= 0.3 is 73.8 Å². The van der Waals surface area contributed by atoms with Gasteiger partial charge in [0.1, 0.15) is 24.8 Å². The van der Waals surface area contributed by atoms with Gasteiger partial charge < -0.3 is 21.1 Å². The van der Waals surface area contributed by atoms with Crippen LogP contribution in [0.3, 0.4) is 0 Å². The number of hydrogen-bond acceptors (Lipinski definition) is 10. The molecule has 9 aliphatic carbocycles. The van der Waals surface area contributed by atoms with Crippen LogP contribution in [0.25, 0.3) is 0 Å². The number of carbonyl (C=O) groups excluding carboxylic acids is 6. The summed E-state index contributed by atoms with van der Waals surface area (Å²) in [6, 6.07) is 1.74. The topological polar surface area (TPSA) is 229 Å². The molecule has 9 fully saturated rings. The zero-order valence-electron chi connectivity index (χ0n) is 61.3. The summed E-state index contributed by atoms with van der Waals surface area (Å²) in [6.45, 7) is 13.5. The second-order valence-electron chi connectivity index (χ2n) is 32.7. The molecule has 1 aromatic carbocycles. The molecule has 593 valence electrons. The Balaban J connectivity index is 0.000000168. The van der Waals surface area contributed by atoms with Crippen LogP contribution < -0.4 is 16.0 Å². The van der Waals surface area contributed by atoms with Crippen molar-refractivity contribution in [1.82, 2.24) is 44.6 Å². The van der Waals surface area contributed by atoms with Crippen molar-refractivity contribution in [1.29, 1.82) is 0 Å². The molecule has 0 unspecified atom stereocenters. The molecule has 3 aliphatic heterocycles. The number of carboxylic acid groups (broad SMARTS) is 1. The molecule has 4 N–H and O–H groups in total. The number of aliphatic carboxylic acids is 1. The van der Waals surface area contributed by atoms with Crippen molar-refractivity contribution >= 4 is 149 Å². The number of carbonyl (C=O) groups is 7. The van der Waals surface area contributed by atoms with E-state index in [1.165, 1.54) is 30.6 Å². The molecular formula is C79H102F6I5N9O8V. The van der Waals surface area contributed by atoms with Crippen LogP contribution in [0.15, 0.2) is 111 Å². The van der Waals surface area contributed by atoms with E-state index in [-0.39, 0.29) is 100 Å². The molecular weight excluding hydrogens is 2000 g/mol. The molecule has 29 heteroatoms. The average Bonchev–Trinajstić information content (AvgIpc) is 1.39. The first-order chi connectivity index (χ1) is 50.6. The van der Waals surface area contributed by atoms with Crippen LogP contribution in [0.2, 0.25) is 0 Å². The van der Waals surface area contributed by atoms with E-state index in [0.717, 1.165) is 103 Å². The molecule has 12 aliphatic rings. The first-order valence-corrected chi connectivity index (χ1v) is 51.3. The van der Waals surface area contributed by atoms with Crippen molar-refractivity contribution < 1.29 is 74.5 Å². The quantitative estimate of drug-likeness (QED) is 0.0834. The third-order valence-corrected chi connectivity index (χ3v) is 28.4. The third kappa shape index (κ3) is 17.8. The maximum absolute atomic E-state index is 13.6. The fourth-order valence-electron chi connectivity index (χ4n) is 23.3. The molecule has 0 radical (unpaired) electrons. The number of nitrogens with one attached hydrogen (secondary N) is 3. The van der Waals surface area contributed by atoms with Gasteiger partial charge in [-0.3, -0.25) is 42.5 Å². The summed E-state index contributed by atoms with van der Waals surface area (Å²) in [7, 11) is 0.628. The summed E-state index contributed by atoms with van der Waals surface area (Å²) in [5.74, 6) is 3.15. The third-order valence-electron chi connectivity index (χ3n) is 28.4. The number of imidazole rings is 3. The zero-order chi connectivity index (χ0) is 78.0. The Kier molecular flexibility index (Phi) is 29.8. The summed E-state index contributed by atoms with van der Waals surface area (Å²) in [4.78, 5) is 98.7. The Labute approximate surface area is 700 Å². The van der Waals surface area contributed by atoms with E-state index in [4.69, 9.17) is 0 Å². The van der Waals surface area contributed by atoms with Gasteiger partial charge in [-0.1, -0.05) is 135 Å². The molecule has 3 amide bonds. The fraction of sp³-hybridized carbons (Fsp3) is 0.646. The fourth-order valence-corrected chi connectivity index (χ4v) is 23.3. The van der Waals surface area contributed by atoms with Gasteiger partial charge in [0.2, 0.25) is 23.6 Å². The van der Waals surface area contributed by atoms with Gasteiger partial charge in [-0.25, -0.2) is 19.7 Å². The number of carboxylic acids is 1. The van der Waals surface area contributed by atoms with Crippen LogP contribution >= 0.6 is 108 Å². The maximum atomic E-state index is 13.6. The Morgan fingerprint density at radius 3 is 1.22 bits per heavy atom. The van der Waals surface area contributed by atoms with Crippen molar-refractivity contribution in [3.8, 4) is 0 Å². The molecule has 4 aromatic rings. The van der Waals surface area contributed by atoms with Crippen molar-refractivity contribution in [2.75, 3.05) is 7.36 Å². The monoisotopic (exact) mass is 2100 g/mol. The summed E-state index contributed by atoms with van der Waals surface area (Å²) in [5, 5.41) is 19.1. The minimum atomic E-state index is -4.85. The van der Waals surface area contributed by atoms with E-state index < -0.39 is 58.5 Å². The number of fused-ring (bicyclic) bond motifs is 15. The van der Waals surface area contributed by atoms with Gasteiger partial charge in [0, 0.05) is 89.8 Å². The van der Waals surface area contributed by atoms with Gasteiger partial charge in [-0.15, -0.1) is 0 Å². The normalized spacial score (nSPS) is 36.6. The molecule has 0 saturated heterocycles. The number of alkyl halides is 9. The Morgan fingerprint density at radius 2 is 0.870 bits per heavy atom. The molecule has 21 atom stereocenters. The molecule has 6 heterocycles. The number of hydrogen-bond donors (Lipinski definition) is 4. The standard InChI is InChI=1S/C28H31F6NO2.C22H29N3O2.C19H27NO3.C7H6N4O.CH2I2.CH3I.CH4.2HI.V/c1-25-11-9-20-17(4-8-23-26(20,2)12-10-24(37)35-23)19(25)6-7-21(25)22(36)14-15-13-16(27(29,30)31)3-5-18(15)28(32,33)34;1-21-9-7-16-14(3-6-18-22(16,2)10-8-19(26)24-18)15(21)4-5-17(21)20(27)25-12-11-23-13-25;1-18-9-7-13-11(12(18)4-5-14(18)17(22)23)3-6-15-19(13,2)10-8-16(21)20-15;12-7(10-3-1-8-5-10)11-4-2-9-6-11;2-1-3;1-2;;;;/h3,5,10,12-13,17,19-21,23H,4,6-9,11,14H2,1-2H3,(H,35,37);8,10-18H,3-7,9H2,1-2H3,(H,24,26);8,10-15H,3-7,9H2,1-2H3,(H,20,21)(H,22,23);1-6H;1H2;1H3;1H4;2*1H;/q;;;;;;;;;+2/p-2/t17-,19-,20-,21+,23+,25-,26+;14-,15-,16-,17+,18+,21-,22+;11-,12-,13-,14+,15+,18-,19+;;;;;;;/m000......./s1. The first kappa shape index (κ1) is 88.7. The number of halogens is 11. The molecule has 3 aromatic heterocycles. The Bertz CT molecular complexity index is 3890. The number of ketones is 1. The van der Waals surface area contributed by atoms with E-state index in [0.29, 0.717) is 81.4 Å². The summed E-state index contributed by atoms with van der Waals surface area (Å²) >= 11 is 11.4. The molecule has 0 spiro atoms. The predicted octanol–water partition coefficient (Wildman–Crippen LogP) is 19.0. The van der Waals surface area contributed by atoms with E-state index in [1.807, 2.05) is 17.9 Å². The number of aromatic nitrogens is 6. The number of nitrogens with zero attached hydrogens (tertiary/aromatic N) is 6. The van der Waals surface area contributed by atoms with Crippen LogP contribution in [0, 0.1) is 104 Å². The summed E-state index contributed by atoms with van der Waals surface area (Å²) in [6.07, 6.45) is 32.8. The van der Waals surface area contributed by atoms with E-state index in [1.54, 1.807) is 66.3 Å². The molecule has 9 saturated carbocycles. The number of amides is 3. The SMILES string of the molecule is C.CI.C[C@]12C=CC(=O)N[C@@H]1CC[C@@H]1[C@@H]2CC[C@]2(C)[C@@H](C(=O)Cc3cc(C(F)(F)F)ccc3C(F)(F)F)CC[C@@H]12.C[C@]12C=CC(=O)N[C@@H]1CC[C@@H]1[C@@H]2CC[C@]2(C)[C@@H](C(=O)O)CC[C@@H]12.C[C@]12C=CC(=O)N[C@@H]1CC[C@@H]1[C@@H]2CC[C@]2(C)[C@@H](C(=O)n3ccnc3)CC[C@@H]12.ICI.O=C(n1ccnc1)n1ccnc1.[I][V][I]. The first-order valence-electron chi connectivity index (χ1n) is 37.1. The van der Waals surface area contributed by atoms with Crippen LogP contribution in [0.1, 0.15) is 186 Å². The predicted molar refractivity (Wildman–Crippen MR) is 441 cm³/mol. The van der Waals surface area contributed by atoms with Crippen molar-refractivity contribution in [2.24, 2.45) is 104 Å². The van der Waals surface area contributed by atoms with E-state index in [9.17, 15) is 65.0 Å². The zero-order valence-corrected chi connectivity index (χ0v) is 73.5. The van der Waals surface area contributed by atoms with Gasteiger partial charge in [0.25, 0.3) is 0 Å². The Hall–Kier alpha value is -3.23. The van der Waals surface area contributed by atoms with Crippen LogP contribution in [-0.4, -0.2) is 101 Å². The van der Waals surface area contributed by atoms with Crippen molar-refractivity contribution in [3.05, 3.63) is 128 Å². The average molecular weight is 2110 g/mol. The van der Waals surface area contributed by atoms with Gasteiger partial charge in [-0.05, 0) is 232 Å². The van der Waals surface area contributed by atoms with E-state index >= 15 is 0 Å². The molecule has 16 rings (SSSR count). The second-order valence-corrected chi connectivity index (χ2v) is 48.9. The van der Waals surface area contributed by atoms with Crippen LogP contribution in [0.5, 0.6) is 0 Å². The van der Waals surface area contributed by atoms with Gasteiger partial charge in [0.05, 0.1) is 19.5 Å². The number of Topliss-reactive ketones (excluding diaryl/α,β-unsaturated/α-hetero) is 1. The number of benzene rings is 1. The van der Waals surface area contributed by atoms with Crippen molar-refractivity contribution in [2.45, 2.75) is 201 Å². The van der Waals surface area contributed by atoms with Crippen LogP contribution in [0.4, 0.5) is 31.1 Å². The molecule has 17 nitrogen and oxygen atoms in total. The molecule has 108 heavy (non-hydrogen) atoms. The second kappa shape index (κ2) is 36.3. The summed E-state index contributed by atoms with van der Waals surface area (Å²) < 4.78 is 86.2. The van der Waals surface area contributed by atoms with Gasteiger partial charge in [0.15, 0.2) is 0 Å². The minimum absolute atomic E-state index is 0. The van der Waals surface area contributed by atoms with Crippen molar-refractivity contribution in [3.63, 3.8) is 0 Å². The van der Waals surface area contributed by atoms with Gasteiger partial charge in [-0.2, -0.15) is 26.3 Å². The Morgan fingerprint density at radius 1 is 0.519 bits per heavy atom. The summed E-state index contributed by atoms with van der Waals surface area (Å²) in [5.41, 5.74) is -3.39. The van der Waals surface area contributed by atoms with Crippen LogP contribution in [-0.2, 0) is 52.2 Å². The van der Waals surface area contributed by atoms with E-state index in [2.05, 4.69) is 185 Å². The molecule has 0 bridgehead atoms.